The second-order valence-electron chi connectivity index (χ2n) is 4.38. The Morgan fingerprint density at radius 2 is 1.60 bits per heavy atom. The summed E-state index contributed by atoms with van der Waals surface area (Å²) >= 11 is 0. The summed E-state index contributed by atoms with van der Waals surface area (Å²) in [7, 11) is 0.541. The van der Waals surface area contributed by atoms with E-state index in [4.69, 9.17) is 5.11 Å². The molecule has 0 atom stereocenters. The second-order valence-corrected chi connectivity index (χ2v) is 6.42. The highest BCUT2D eigenvalue weighted by Crippen LogP contribution is 2.15. The molecule has 0 unspecified atom stereocenters. The van der Waals surface area contributed by atoms with Gasteiger partial charge in [-0.1, -0.05) is 0 Å². The van der Waals surface area contributed by atoms with E-state index in [1.807, 2.05) is 0 Å². The Morgan fingerprint density at radius 3 is 2.00 bits per heavy atom. The molecule has 0 spiro atoms. The van der Waals surface area contributed by atoms with E-state index in [2.05, 4.69) is 0 Å². The van der Waals surface area contributed by atoms with E-state index in [1.165, 1.54) is 50.3 Å². The van der Waals surface area contributed by atoms with Crippen LogP contribution in [-0.4, -0.2) is 62.3 Å². The first-order chi connectivity index (χ1) is 9.16. The fourth-order valence-electron chi connectivity index (χ4n) is 1.37. The highest BCUT2D eigenvalue weighted by Gasteiger charge is 2.23. The zero-order valence-electron chi connectivity index (χ0n) is 11.4. The molecule has 1 amide bonds. The van der Waals surface area contributed by atoms with Crippen LogP contribution in [0.2, 0.25) is 0 Å². The third kappa shape index (κ3) is 3.55. The fraction of sp³-hybridized carbons (Fsp3) is 0.333. The van der Waals surface area contributed by atoms with E-state index >= 15 is 0 Å². The van der Waals surface area contributed by atoms with E-state index in [0.29, 0.717) is 0 Å². The molecule has 1 aromatic rings. The summed E-state index contributed by atoms with van der Waals surface area (Å²) < 4.78 is 25.3. The first-order valence-electron chi connectivity index (χ1n) is 5.66. The minimum absolute atomic E-state index is 0.00373. The number of aromatic carboxylic acids is 1. The van der Waals surface area contributed by atoms with Gasteiger partial charge in [-0.15, -0.1) is 0 Å². The number of carbonyl (C=O) groups excluding carboxylic acids is 1. The van der Waals surface area contributed by atoms with Crippen LogP contribution in [0.1, 0.15) is 10.4 Å². The molecule has 0 saturated carbocycles. The van der Waals surface area contributed by atoms with Crippen LogP contribution in [0, 0.1) is 0 Å². The molecule has 110 valence electrons. The third-order valence-corrected chi connectivity index (χ3v) is 4.48. The normalized spacial score (nSPS) is 11.4. The molecule has 1 rings (SSSR count). The van der Waals surface area contributed by atoms with E-state index in [-0.39, 0.29) is 22.9 Å². The summed E-state index contributed by atoms with van der Waals surface area (Å²) in [6.07, 6.45) is 0. The monoisotopic (exact) mass is 300 g/mol. The molecule has 0 fully saturated rings. The lowest BCUT2D eigenvalue weighted by atomic mass is 10.2. The maximum absolute atomic E-state index is 12.2. The van der Waals surface area contributed by atoms with Crippen molar-refractivity contribution >= 4 is 21.9 Å². The van der Waals surface area contributed by atoms with Crippen LogP contribution in [0.4, 0.5) is 0 Å². The van der Waals surface area contributed by atoms with Gasteiger partial charge in [-0.25, -0.2) is 13.2 Å². The van der Waals surface area contributed by atoms with Gasteiger partial charge in [0.2, 0.25) is 15.9 Å². The molecular weight excluding hydrogens is 284 g/mol. The number of rotatable bonds is 5. The molecule has 0 radical (unpaired) electrons. The van der Waals surface area contributed by atoms with Crippen molar-refractivity contribution in [1.82, 2.24) is 9.21 Å². The van der Waals surface area contributed by atoms with Gasteiger partial charge in [0.05, 0.1) is 17.0 Å². The van der Waals surface area contributed by atoms with Crippen LogP contribution in [0.15, 0.2) is 29.2 Å². The van der Waals surface area contributed by atoms with Gasteiger partial charge in [-0.2, -0.15) is 4.31 Å². The van der Waals surface area contributed by atoms with Crippen LogP contribution < -0.4 is 0 Å². The number of benzene rings is 1. The third-order valence-electron chi connectivity index (χ3n) is 2.67. The maximum Gasteiger partial charge on any atom is 0.335 e. The molecule has 0 aliphatic heterocycles. The average molecular weight is 300 g/mol. The Bertz CT molecular complexity index is 607. The van der Waals surface area contributed by atoms with Gasteiger partial charge in [0.15, 0.2) is 0 Å². The van der Waals surface area contributed by atoms with Gasteiger partial charge in [-0.3, -0.25) is 4.79 Å². The van der Waals surface area contributed by atoms with E-state index in [0.717, 1.165) is 4.31 Å². The Labute approximate surface area is 117 Å². The number of nitrogens with zero attached hydrogens (tertiary/aromatic N) is 2. The number of hydrogen-bond acceptors (Lipinski definition) is 4. The van der Waals surface area contributed by atoms with Crippen LogP contribution in [-0.2, 0) is 14.8 Å². The maximum atomic E-state index is 12.2. The highest BCUT2D eigenvalue weighted by atomic mass is 32.2. The largest absolute Gasteiger partial charge is 0.478 e. The van der Waals surface area contributed by atoms with Crippen molar-refractivity contribution < 1.29 is 23.1 Å². The fourth-order valence-corrected chi connectivity index (χ4v) is 2.49. The van der Waals surface area contributed by atoms with Gasteiger partial charge in [0.25, 0.3) is 0 Å². The summed E-state index contributed by atoms with van der Waals surface area (Å²) in [5.74, 6) is -1.48. The number of likely N-dealkylation sites (N-methyl/N-ethyl adjacent to an activating group) is 2. The Kier molecular flexibility index (Phi) is 4.85. The smallest absolute Gasteiger partial charge is 0.335 e. The van der Waals surface area contributed by atoms with Crippen molar-refractivity contribution in [3.05, 3.63) is 29.8 Å². The zero-order valence-corrected chi connectivity index (χ0v) is 12.2. The number of carboxylic acid groups (broad SMARTS) is 1. The van der Waals surface area contributed by atoms with Crippen LogP contribution >= 0.6 is 0 Å². The SMILES string of the molecule is CN(C)C(=O)CN(C)S(=O)(=O)c1ccc(C(=O)O)cc1. The van der Waals surface area contributed by atoms with Gasteiger partial charge < -0.3 is 10.0 Å². The van der Waals surface area contributed by atoms with Gasteiger partial charge >= 0.3 is 5.97 Å². The second kappa shape index (κ2) is 6.02. The van der Waals surface area contributed by atoms with Crippen LogP contribution in [0.5, 0.6) is 0 Å². The van der Waals surface area contributed by atoms with Gasteiger partial charge in [0.1, 0.15) is 0 Å². The molecule has 0 heterocycles. The lowest BCUT2D eigenvalue weighted by molar-refractivity contribution is -0.128. The lowest BCUT2D eigenvalue weighted by Gasteiger charge is -2.19. The lowest BCUT2D eigenvalue weighted by Crippen LogP contribution is -2.37. The molecule has 8 heteroatoms. The Hall–Kier alpha value is -1.93. The summed E-state index contributed by atoms with van der Waals surface area (Å²) in [5.41, 5.74) is -0.00373. The Morgan fingerprint density at radius 1 is 1.10 bits per heavy atom. The summed E-state index contributed by atoms with van der Waals surface area (Å²) in [4.78, 5) is 23.5. The van der Waals surface area contributed by atoms with Crippen molar-refractivity contribution in [2.75, 3.05) is 27.7 Å². The highest BCUT2D eigenvalue weighted by molar-refractivity contribution is 7.89. The number of sulfonamides is 1. The minimum Gasteiger partial charge on any atom is -0.478 e. The van der Waals surface area contributed by atoms with Crippen molar-refractivity contribution in [3.63, 3.8) is 0 Å². The first kappa shape index (κ1) is 16.1. The molecule has 0 saturated heterocycles. The van der Waals surface area contributed by atoms with Crippen molar-refractivity contribution in [3.8, 4) is 0 Å². The Balaban J connectivity index is 2.98. The molecule has 0 aliphatic rings. The standard InChI is InChI=1S/C12H16N2O5S/c1-13(2)11(15)8-14(3)20(18,19)10-6-4-9(5-7-10)12(16)17/h4-7H,8H2,1-3H3,(H,16,17). The summed E-state index contributed by atoms with van der Waals surface area (Å²) in [5, 5.41) is 8.76. The molecule has 0 bridgehead atoms. The number of carboxylic acids is 1. The molecule has 0 aromatic heterocycles. The van der Waals surface area contributed by atoms with E-state index in [9.17, 15) is 18.0 Å². The van der Waals surface area contributed by atoms with Crippen molar-refractivity contribution in [2.45, 2.75) is 4.90 Å². The minimum atomic E-state index is -3.82. The molecule has 7 nitrogen and oxygen atoms in total. The van der Waals surface area contributed by atoms with Gasteiger partial charge in [-0.05, 0) is 24.3 Å². The first-order valence-corrected chi connectivity index (χ1v) is 7.10. The van der Waals surface area contributed by atoms with E-state index < -0.39 is 16.0 Å². The average Bonchev–Trinajstić information content (AvgIpc) is 2.38. The molecule has 1 aromatic carbocycles. The zero-order chi connectivity index (χ0) is 15.5. The quantitative estimate of drug-likeness (QED) is 0.831. The molecule has 0 aliphatic carbocycles. The van der Waals surface area contributed by atoms with Crippen molar-refractivity contribution in [2.24, 2.45) is 0 Å². The number of amides is 1. The molecule has 20 heavy (non-hydrogen) atoms. The predicted molar refractivity (Wildman–Crippen MR) is 71.9 cm³/mol. The molecular formula is C12H16N2O5S. The van der Waals surface area contributed by atoms with Crippen molar-refractivity contribution in [1.29, 1.82) is 0 Å². The van der Waals surface area contributed by atoms with Crippen LogP contribution in [0.3, 0.4) is 0 Å². The predicted octanol–water partition coefficient (Wildman–Crippen LogP) is 0.0935. The summed E-state index contributed by atoms with van der Waals surface area (Å²) in [6.45, 7) is -0.282. The summed E-state index contributed by atoms with van der Waals surface area (Å²) in [6, 6.07) is 4.82. The number of carbonyl (C=O) groups is 2. The van der Waals surface area contributed by atoms with Crippen LogP contribution in [0.25, 0.3) is 0 Å². The topological polar surface area (TPSA) is 95.0 Å². The number of hydrogen-bond donors (Lipinski definition) is 1. The molecule has 1 N–H and O–H groups in total. The van der Waals surface area contributed by atoms with Gasteiger partial charge in [0, 0.05) is 21.1 Å². The van der Waals surface area contributed by atoms with E-state index in [1.54, 1.807) is 0 Å².